The SMILES string of the molecule is CC(C)CC([13C]#N)=[13C]([13C](=O)O)[13C](=O)O. The van der Waals surface area contributed by atoms with Gasteiger partial charge in [0.05, 0.1) is 11.6 Å². The smallest absolute Gasteiger partial charge is 0.344 e. The van der Waals surface area contributed by atoms with Crippen molar-refractivity contribution < 1.29 is 19.8 Å². The molecule has 0 saturated carbocycles. The van der Waals surface area contributed by atoms with E-state index in [-0.39, 0.29) is 17.9 Å². The summed E-state index contributed by atoms with van der Waals surface area (Å²) < 4.78 is 0. The van der Waals surface area contributed by atoms with Crippen molar-refractivity contribution in [2.75, 3.05) is 0 Å². The first-order chi connectivity index (χ1) is 6.40. The summed E-state index contributed by atoms with van der Waals surface area (Å²) >= 11 is 0. The van der Waals surface area contributed by atoms with Crippen molar-refractivity contribution in [1.29, 1.82) is 5.26 Å². The molecule has 5 heteroatoms. The Morgan fingerprint density at radius 1 is 1.29 bits per heavy atom. The molecular weight excluding hydrogens is 190 g/mol. The lowest BCUT2D eigenvalue weighted by atomic mass is 10.1. The fourth-order valence-electron chi connectivity index (χ4n) is 0.961. The van der Waals surface area contributed by atoms with Crippen molar-refractivity contribution in [2.24, 2.45) is 5.92 Å². The minimum Gasteiger partial charge on any atom is -0.477 e. The Kier molecular flexibility index (Phi) is 4.36. The summed E-state index contributed by atoms with van der Waals surface area (Å²) in [7, 11) is 0. The molecule has 0 aliphatic heterocycles. The Labute approximate surface area is 81.3 Å². The van der Waals surface area contributed by atoms with Crippen molar-refractivity contribution in [3.05, 3.63) is 11.1 Å². The maximum absolute atomic E-state index is 10.5. The number of carboxylic acid groups (broad SMARTS) is 2. The maximum atomic E-state index is 10.5. The molecule has 5 nitrogen and oxygen atoms in total. The lowest BCUT2D eigenvalue weighted by Crippen LogP contribution is -2.14. The van der Waals surface area contributed by atoms with Crippen LogP contribution in [0, 0.1) is 17.2 Å². The highest BCUT2D eigenvalue weighted by Crippen LogP contribution is 2.14. The van der Waals surface area contributed by atoms with Gasteiger partial charge in [-0.2, -0.15) is 5.26 Å². The average molecular weight is 201 g/mol. The Morgan fingerprint density at radius 3 is 1.93 bits per heavy atom. The quantitative estimate of drug-likeness (QED) is 0.232. The number of carbonyl (C=O) groups is 2. The third kappa shape index (κ3) is 3.27. The van der Waals surface area contributed by atoms with E-state index in [1.165, 1.54) is 0 Å². The third-order valence-electron chi connectivity index (χ3n) is 1.48. The van der Waals surface area contributed by atoms with Crippen LogP contribution in [0.4, 0.5) is 0 Å². The van der Waals surface area contributed by atoms with Gasteiger partial charge in [-0.15, -0.1) is 0 Å². The monoisotopic (exact) mass is 201 g/mol. The van der Waals surface area contributed by atoms with E-state index in [4.69, 9.17) is 15.5 Å². The van der Waals surface area contributed by atoms with Crippen LogP contribution in [0.25, 0.3) is 0 Å². The molecule has 0 aromatic heterocycles. The number of carboxylic acids is 2. The first-order valence-corrected chi connectivity index (χ1v) is 4.00. The molecule has 0 rings (SSSR count). The van der Waals surface area contributed by atoms with Gasteiger partial charge < -0.3 is 10.2 Å². The number of nitrogens with zero attached hydrogens (tertiary/aromatic N) is 1. The Bertz CT molecular complexity index is 306. The molecule has 0 saturated heterocycles. The molecule has 0 aromatic carbocycles. The normalized spacial score (nSPS) is 9.29. The summed E-state index contributed by atoms with van der Waals surface area (Å²) in [6.45, 7) is 3.55. The largest absolute Gasteiger partial charge is 0.477 e. The zero-order chi connectivity index (χ0) is 11.3. The van der Waals surface area contributed by atoms with Crippen LogP contribution >= 0.6 is 0 Å². The highest BCUT2D eigenvalue weighted by molar-refractivity contribution is 6.13. The molecule has 14 heavy (non-hydrogen) atoms. The van der Waals surface area contributed by atoms with Crippen LogP contribution < -0.4 is 0 Å². The van der Waals surface area contributed by atoms with Gasteiger partial charge in [0.15, 0.2) is 5.57 Å². The molecule has 0 aromatic rings. The van der Waals surface area contributed by atoms with E-state index in [0.29, 0.717) is 0 Å². The van der Waals surface area contributed by atoms with Gasteiger partial charge in [0.25, 0.3) is 0 Å². The maximum Gasteiger partial charge on any atom is 0.344 e. The van der Waals surface area contributed by atoms with Crippen molar-refractivity contribution in [1.82, 2.24) is 0 Å². The van der Waals surface area contributed by atoms with Crippen LogP contribution in [-0.4, -0.2) is 22.2 Å². The lowest BCUT2D eigenvalue weighted by molar-refractivity contribution is -0.140. The van der Waals surface area contributed by atoms with Crippen molar-refractivity contribution in [2.45, 2.75) is 20.3 Å². The summed E-state index contributed by atoms with van der Waals surface area (Å²) in [5.41, 5.74) is -1.03. The minimum atomic E-state index is -1.57. The van der Waals surface area contributed by atoms with E-state index in [0.717, 1.165) is 0 Å². The molecular formula is C9H11NO4. The van der Waals surface area contributed by atoms with Gasteiger partial charge in [-0.1, -0.05) is 13.8 Å². The average Bonchev–Trinajstić information content (AvgIpc) is 2.00. The van der Waals surface area contributed by atoms with Gasteiger partial charge >= 0.3 is 11.9 Å². The van der Waals surface area contributed by atoms with Gasteiger partial charge in [0.1, 0.15) is 0 Å². The van der Waals surface area contributed by atoms with Crippen molar-refractivity contribution in [3.8, 4) is 6.07 Å². The van der Waals surface area contributed by atoms with Gasteiger partial charge in [-0.3, -0.25) is 0 Å². The fourth-order valence-corrected chi connectivity index (χ4v) is 0.961. The second-order valence-electron chi connectivity index (χ2n) is 3.17. The molecule has 2 N–H and O–H groups in total. The summed E-state index contributed by atoms with van der Waals surface area (Å²) in [6, 6.07) is 1.61. The number of rotatable bonds is 4. The van der Waals surface area contributed by atoms with Gasteiger partial charge in [-0.25, -0.2) is 9.59 Å². The predicted molar refractivity (Wildman–Crippen MR) is 47.4 cm³/mol. The zero-order valence-corrected chi connectivity index (χ0v) is 7.94. The van der Waals surface area contributed by atoms with Gasteiger partial charge in [0, 0.05) is 0 Å². The molecule has 0 atom stereocenters. The summed E-state index contributed by atoms with van der Waals surface area (Å²) in [5.74, 6) is -3.11. The fraction of sp³-hybridized carbons (Fsp3) is 0.444. The first-order valence-electron chi connectivity index (χ1n) is 4.00. The molecule has 0 radical (unpaired) electrons. The number of hydrogen-bond donors (Lipinski definition) is 2. The second kappa shape index (κ2) is 5.02. The molecule has 0 aliphatic carbocycles. The molecule has 0 aliphatic rings. The highest BCUT2D eigenvalue weighted by atomic mass is 16.5. The molecule has 0 fully saturated rings. The Morgan fingerprint density at radius 2 is 1.71 bits per heavy atom. The van der Waals surface area contributed by atoms with Gasteiger partial charge in [-0.05, 0) is 12.3 Å². The number of aliphatic carboxylic acids is 2. The van der Waals surface area contributed by atoms with Crippen molar-refractivity contribution >= 4 is 11.9 Å². The molecule has 0 unspecified atom stereocenters. The first kappa shape index (κ1) is 12.2. The van der Waals surface area contributed by atoms with E-state index in [2.05, 4.69) is 0 Å². The van der Waals surface area contributed by atoms with Crippen LogP contribution in [0.5, 0.6) is 0 Å². The summed E-state index contributed by atoms with van der Waals surface area (Å²) in [4.78, 5) is 21.1. The lowest BCUT2D eigenvalue weighted by Gasteiger charge is -2.04. The van der Waals surface area contributed by atoms with Crippen LogP contribution in [-0.2, 0) is 9.59 Å². The van der Waals surface area contributed by atoms with Crippen LogP contribution in [0.3, 0.4) is 0 Å². The van der Waals surface area contributed by atoms with E-state index in [1.54, 1.807) is 19.9 Å². The second-order valence-corrected chi connectivity index (χ2v) is 3.17. The number of hydrogen-bond acceptors (Lipinski definition) is 3. The predicted octanol–water partition coefficient (Wildman–Crippen LogP) is 1.02. The number of nitriles is 1. The van der Waals surface area contributed by atoms with Gasteiger partial charge in [0.2, 0.25) is 0 Å². The molecule has 0 heterocycles. The highest BCUT2D eigenvalue weighted by Gasteiger charge is 2.22. The van der Waals surface area contributed by atoms with E-state index < -0.39 is 17.5 Å². The van der Waals surface area contributed by atoms with Crippen LogP contribution in [0.1, 0.15) is 20.3 Å². The summed E-state index contributed by atoms with van der Waals surface area (Å²) in [6.07, 6.45) is 0.157. The third-order valence-corrected chi connectivity index (χ3v) is 1.48. The Hall–Kier alpha value is -1.83. The van der Waals surface area contributed by atoms with Crippen LogP contribution in [0.2, 0.25) is 0 Å². The summed E-state index contributed by atoms with van der Waals surface area (Å²) in [5, 5.41) is 25.7. The topological polar surface area (TPSA) is 98.4 Å². The number of allylic oxidation sites excluding steroid dienone is 1. The van der Waals surface area contributed by atoms with E-state index in [9.17, 15) is 9.59 Å². The standard InChI is InChI=1S/C9H11NO4/c1-5(2)3-6(4-10)7(8(11)12)9(13)14/h5H,3H2,1-2H3,(H,11,12)(H,13,14)/i4+1,7+1,8+1,9+1. The van der Waals surface area contributed by atoms with Crippen molar-refractivity contribution in [3.63, 3.8) is 0 Å². The molecule has 0 bridgehead atoms. The van der Waals surface area contributed by atoms with E-state index >= 15 is 0 Å². The van der Waals surface area contributed by atoms with Crippen LogP contribution in [0.15, 0.2) is 11.1 Å². The minimum absolute atomic E-state index is 0.0401. The molecule has 0 spiro atoms. The Balaban J connectivity index is 5.23. The zero-order valence-electron chi connectivity index (χ0n) is 7.94. The molecule has 76 valence electrons. The van der Waals surface area contributed by atoms with E-state index in [1.807, 2.05) is 0 Å². The molecule has 0 amide bonds.